The van der Waals surface area contributed by atoms with Crippen LogP contribution in [-0.2, 0) is 0 Å². The summed E-state index contributed by atoms with van der Waals surface area (Å²) in [5.74, 6) is 0. The molecule has 0 bridgehead atoms. The molecule has 0 aromatic rings. The normalized spacial score (nSPS) is 14.5. The second-order valence-electron chi connectivity index (χ2n) is 1.32. The molecular weight excluding hydrogens is 96.1 g/mol. The molecule has 0 spiro atoms. The maximum absolute atomic E-state index is 8.25. The fraction of sp³-hybridized carbons (Fsp3) is 1.00. The molecule has 0 aliphatic rings. The van der Waals surface area contributed by atoms with Gasteiger partial charge in [-0.3, -0.25) is 0 Å². The van der Waals surface area contributed by atoms with Crippen LogP contribution in [0, 0.1) is 0 Å². The monoisotopic (exact) mass is 106 g/mol. The summed E-state index contributed by atoms with van der Waals surface area (Å²) in [5.41, 5.74) is 0. The Hall–Kier alpha value is 0.310. The van der Waals surface area contributed by atoms with Crippen molar-refractivity contribution < 1.29 is 4.55 Å². The molecule has 1 atom stereocenters. The Kier molecular flexibility index (Phi) is 3.68. The quantitative estimate of drug-likeness (QED) is 0.543. The fourth-order valence-corrected chi connectivity index (χ4v) is 0.224. The van der Waals surface area contributed by atoms with Gasteiger partial charge in [-0.15, -0.1) is 0 Å². The van der Waals surface area contributed by atoms with Crippen molar-refractivity contribution in [2.75, 3.05) is 0 Å². The van der Waals surface area contributed by atoms with Crippen LogP contribution in [-0.4, -0.2) is 9.80 Å². The zero-order valence-corrected chi connectivity index (χ0v) is 4.96. The minimum absolute atomic E-state index is 0.407. The van der Waals surface area contributed by atoms with E-state index in [2.05, 4.69) is 0 Å². The van der Waals surface area contributed by atoms with E-state index in [0.717, 1.165) is 18.5 Å². The third kappa shape index (κ3) is 2.54. The zero-order chi connectivity index (χ0) is 4.99. The predicted molar refractivity (Wildman–Crippen MR) is 30.0 cm³/mol. The second-order valence-corrected chi connectivity index (χ2v) is 2.34. The molecule has 0 aromatic heterocycles. The molecule has 2 heteroatoms. The minimum atomic E-state index is 0.407. The highest BCUT2D eigenvalue weighted by Gasteiger charge is 1.91. The SMILES string of the molecule is CC[C@@H](C)SO. The lowest BCUT2D eigenvalue weighted by Gasteiger charge is -1.96. The molecule has 0 fully saturated rings. The summed E-state index contributed by atoms with van der Waals surface area (Å²) in [4.78, 5) is 0. The molecule has 0 heterocycles. The average Bonchev–Trinajstić information content (AvgIpc) is 1.65. The van der Waals surface area contributed by atoms with Crippen molar-refractivity contribution in [2.45, 2.75) is 25.5 Å². The summed E-state index contributed by atoms with van der Waals surface area (Å²) >= 11 is 0.925. The Morgan fingerprint density at radius 3 is 2.33 bits per heavy atom. The van der Waals surface area contributed by atoms with Crippen LogP contribution < -0.4 is 0 Å². The number of hydrogen-bond acceptors (Lipinski definition) is 2. The van der Waals surface area contributed by atoms with Gasteiger partial charge in [-0.25, -0.2) is 0 Å². The van der Waals surface area contributed by atoms with E-state index >= 15 is 0 Å². The zero-order valence-electron chi connectivity index (χ0n) is 4.14. The standard InChI is InChI=1S/C4H10OS/c1-3-4(2)6-5/h4-5H,3H2,1-2H3/t4-/m1/s1. The van der Waals surface area contributed by atoms with Crippen molar-refractivity contribution in [3.05, 3.63) is 0 Å². The first-order chi connectivity index (χ1) is 2.81. The lowest BCUT2D eigenvalue weighted by molar-refractivity contribution is 0.648. The Labute approximate surface area is 43.0 Å². The molecule has 38 valence electrons. The van der Waals surface area contributed by atoms with Crippen LogP contribution in [0.4, 0.5) is 0 Å². The van der Waals surface area contributed by atoms with Gasteiger partial charge in [0.05, 0.1) is 0 Å². The highest BCUT2D eigenvalue weighted by molar-refractivity contribution is 7.94. The minimum Gasteiger partial charge on any atom is -0.330 e. The van der Waals surface area contributed by atoms with E-state index in [-0.39, 0.29) is 0 Å². The van der Waals surface area contributed by atoms with Crippen molar-refractivity contribution in [2.24, 2.45) is 0 Å². The third-order valence-corrected chi connectivity index (χ3v) is 1.45. The van der Waals surface area contributed by atoms with Gasteiger partial charge in [0.25, 0.3) is 0 Å². The molecule has 0 aliphatic carbocycles. The van der Waals surface area contributed by atoms with Crippen LogP contribution in [0.2, 0.25) is 0 Å². The highest BCUT2D eigenvalue weighted by Crippen LogP contribution is 2.06. The van der Waals surface area contributed by atoms with Crippen LogP contribution in [0.5, 0.6) is 0 Å². The van der Waals surface area contributed by atoms with Gasteiger partial charge in [-0.1, -0.05) is 13.8 Å². The van der Waals surface area contributed by atoms with Gasteiger partial charge in [0, 0.05) is 5.25 Å². The van der Waals surface area contributed by atoms with Crippen molar-refractivity contribution in [3.8, 4) is 0 Å². The molecule has 0 aromatic carbocycles. The molecule has 1 N–H and O–H groups in total. The van der Waals surface area contributed by atoms with Gasteiger partial charge >= 0.3 is 0 Å². The predicted octanol–water partition coefficient (Wildman–Crippen LogP) is 1.99. The third-order valence-electron chi connectivity index (χ3n) is 0.755. The Morgan fingerprint density at radius 2 is 2.33 bits per heavy atom. The van der Waals surface area contributed by atoms with Crippen molar-refractivity contribution in [3.63, 3.8) is 0 Å². The molecule has 0 amide bonds. The number of rotatable bonds is 2. The topological polar surface area (TPSA) is 20.2 Å². The average molecular weight is 106 g/mol. The maximum atomic E-state index is 8.25. The van der Waals surface area contributed by atoms with Gasteiger partial charge in [0.2, 0.25) is 0 Å². The number of hydrogen-bond donors (Lipinski definition) is 1. The highest BCUT2D eigenvalue weighted by atomic mass is 32.2. The second kappa shape index (κ2) is 3.50. The van der Waals surface area contributed by atoms with Gasteiger partial charge in [-0.2, -0.15) is 0 Å². The summed E-state index contributed by atoms with van der Waals surface area (Å²) in [7, 11) is 0. The van der Waals surface area contributed by atoms with Crippen LogP contribution in [0.25, 0.3) is 0 Å². The lowest BCUT2D eigenvalue weighted by atomic mass is 10.4. The molecule has 6 heavy (non-hydrogen) atoms. The van der Waals surface area contributed by atoms with E-state index in [1.165, 1.54) is 0 Å². The van der Waals surface area contributed by atoms with Crippen LogP contribution in [0.1, 0.15) is 20.3 Å². The molecule has 1 nitrogen and oxygen atoms in total. The molecule has 0 saturated heterocycles. The first kappa shape index (κ1) is 6.31. The van der Waals surface area contributed by atoms with E-state index in [4.69, 9.17) is 4.55 Å². The Bertz CT molecular complexity index is 26.7. The van der Waals surface area contributed by atoms with E-state index < -0.39 is 0 Å². The smallest absolute Gasteiger partial charge is 0.0277 e. The summed E-state index contributed by atoms with van der Waals surface area (Å²) in [6.07, 6.45) is 1.04. The summed E-state index contributed by atoms with van der Waals surface area (Å²) in [5, 5.41) is 0.407. The van der Waals surface area contributed by atoms with Gasteiger partial charge in [-0.05, 0) is 18.5 Å². The first-order valence-electron chi connectivity index (χ1n) is 2.11. The molecule has 0 unspecified atom stereocenters. The molecule has 0 radical (unpaired) electrons. The van der Waals surface area contributed by atoms with E-state index in [0.29, 0.717) is 5.25 Å². The molecule has 0 saturated carbocycles. The molecule has 0 rings (SSSR count). The summed E-state index contributed by atoms with van der Waals surface area (Å²) < 4.78 is 8.25. The van der Waals surface area contributed by atoms with Crippen LogP contribution in [0.15, 0.2) is 0 Å². The molecule has 0 aliphatic heterocycles. The van der Waals surface area contributed by atoms with Crippen molar-refractivity contribution >= 4 is 12.0 Å². The summed E-state index contributed by atoms with van der Waals surface area (Å²) in [6.45, 7) is 4.04. The first-order valence-corrected chi connectivity index (χ1v) is 2.95. The van der Waals surface area contributed by atoms with E-state index in [1.54, 1.807) is 0 Å². The Morgan fingerprint density at radius 1 is 1.83 bits per heavy atom. The maximum Gasteiger partial charge on any atom is 0.0277 e. The largest absolute Gasteiger partial charge is 0.330 e. The summed E-state index contributed by atoms with van der Waals surface area (Å²) in [6, 6.07) is 0. The van der Waals surface area contributed by atoms with Gasteiger partial charge in [0.1, 0.15) is 0 Å². The van der Waals surface area contributed by atoms with Crippen LogP contribution in [0.3, 0.4) is 0 Å². The van der Waals surface area contributed by atoms with Gasteiger partial charge in [0.15, 0.2) is 0 Å². The molecular formula is C4H10OS. The van der Waals surface area contributed by atoms with Crippen molar-refractivity contribution in [1.82, 2.24) is 0 Å². The van der Waals surface area contributed by atoms with Crippen LogP contribution >= 0.6 is 12.0 Å². The van der Waals surface area contributed by atoms with E-state index in [9.17, 15) is 0 Å². The van der Waals surface area contributed by atoms with E-state index in [1.807, 2.05) is 13.8 Å². The Balaban J connectivity index is 2.75. The fourth-order valence-electron chi connectivity index (χ4n) is 0.0745. The van der Waals surface area contributed by atoms with Gasteiger partial charge < -0.3 is 4.55 Å². The van der Waals surface area contributed by atoms with Crippen molar-refractivity contribution in [1.29, 1.82) is 0 Å². The lowest BCUT2D eigenvalue weighted by Crippen LogP contribution is -1.88.